The topological polar surface area (TPSA) is 92.0 Å². The quantitative estimate of drug-likeness (QED) is 0.783. The van der Waals surface area contributed by atoms with Gasteiger partial charge in [-0.2, -0.15) is 5.26 Å². The Labute approximate surface area is 145 Å². The van der Waals surface area contributed by atoms with Crippen LogP contribution in [0.3, 0.4) is 0 Å². The van der Waals surface area contributed by atoms with E-state index in [0.29, 0.717) is 10.9 Å². The van der Waals surface area contributed by atoms with Crippen LogP contribution in [0.15, 0.2) is 53.4 Å². The van der Waals surface area contributed by atoms with E-state index in [1.54, 1.807) is 36.4 Å². The molecule has 0 bridgehead atoms. The van der Waals surface area contributed by atoms with E-state index in [-0.39, 0.29) is 22.2 Å². The molecular weight excluding hydrogens is 338 g/mol. The summed E-state index contributed by atoms with van der Waals surface area (Å²) in [5.41, 5.74) is 1.33. The Bertz CT molecular complexity index is 1120. The Kier molecular flexibility index (Phi) is 4.07. The number of carbonyl (C=O) groups excluding carboxylic acids is 1. The van der Waals surface area contributed by atoms with Crippen LogP contribution in [0.5, 0.6) is 0 Å². The highest BCUT2D eigenvalue weighted by atomic mass is 32.2. The number of nitriles is 1. The molecule has 3 aromatic rings. The largest absolute Gasteiger partial charge is 0.323 e. The van der Waals surface area contributed by atoms with E-state index in [1.807, 2.05) is 13.0 Å². The van der Waals surface area contributed by atoms with Crippen molar-refractivity contribution in [2.75, 3.05) is 5.32 Å². The van der Waals surface area contributed by atoms with Gasteiger partial charge in [0, 0.05) is 12.3 Å². The first-order chi connectivity index (χ1) is 11.9. The number of fused-ring (bicyclic) bond motifs is 1. The van der Waals surface area contributed by atoms with Gasteiger partial charge in [-0.3, -0.25) is 4.79 Å². The Morgan fingerprint density at radius 2 is 1.76 bits per heavy atom. The molecule has 1 aromatic heterocycles. The molecule has 7 heteroatoms. The molecule has 0 spiro atoms. The highest BCUT2D eigenvalue weighted by molar-refractivity contribution is 7.90. The van der Waals surface area contributed by atoms with Crippen LogP contribution in [0.2, 0.25) is 0 Å². The molecule has 25 heavy (non-hydrogen) atoms. The third-order valence-electron chi connectivity index (χ3n) is 3.80. The minimum absolute atomic E-state index is 0.0738. The Morgan fingerprint density at radius 1 is 1.12 bits per heavy atom. The van der Waals surface area contributed by atoms with Gasteiger partial charge >= 0.3 is 0 Å². The molecule has 6 nitrogen and oxygen atoms in total. The number of amides is 1. The summed E-state index contributed by atoms with van der Waals surface area (Å²) in [6.45, 7) is 3.17. The lowest BCUT2D eigenvalue weighted by molar-refractivity contribution is -0.114. The van der Waals surface area contributed by atoms with Crippen LogP contribution < -0.4 is 5.32 Å². The van der Waals surface area contributed by atoms with Crippen molar-refractivity contribution in [3.8, 4) is 6.07 Å². The standard InChI is InChI=1S/C18H15N3O3S/c1-12-7-9-14(10-8-12)25(23,24)21-16-6-4-3-5-15(16)18(17(21)11-19)20-13(2)22/h3-10H,1-2H3,(H,20,22). The fourth-order valence-corrected chi connectivity index (χ4v) is 4.16. The maximum absolute atomic E-state index is 13.1. The number of aryl methyl sites for hydroxylation is 1. The minimum atomic E-state index is -4.00. The predicted molar refractivity (Wildman–Crippen MR) is 94.7 cm³/mol. The van der Waals surface area contributed by atoms with Crippen LogP contribution in [-0.4, -0.2) is 18.3 Å². The smallest absolute Gasteiger partial charge is 0.269 e. The SMILES string of the molecule is CC(=O)Nc1c(C#N)n(S(=O)(=O)c2ccc(C)cc2)c2ccccc12. The lowest BCUT2D eigenvalue weighted by Crippen LogP contribution is -2.15. The molecule has 0 saturated heterocycles. The number of aromatic nitrogens is 1. The van der Waals surface area contributed by atoms with Gasteiger partial charge < -0.3 is 5.32 Å². The monoisotopic (exact) mass is 353 g/mol. The third-order valence-corrected chi connectivity index (χ3v) is 5.53. The van der Waals surface area contributed by atoms with Crippen molar-refractivity contribution < 1.29 is 13.2 Å². The Morgan fingerprint density at radius 3 is 2.36 bits per heavy atom. The van der Waals surface area contributed by atoms with Crippen LogP contribution in [0.4, 0.5) is 5.69 Å². The second-order valence-electron chi connectivity index (χ2n) is 5.62. The summed E-state index contributed by atoms with van der Waals surface area (Å²) >= 11 is 0. The molecule has 0 aliphatic rings. The van der Waals surface area contributed by atoms with Crippen molar-refractivity contribution in [2.45, 2.75) is 18.7 Å². The summed E-state index contributed by atoms with van der Waals surface area (Å²) in [5, 5.41) is 12.6. The molecule has 0 unspecified atom stereocenters. The summed E-state index contributed by atoms with van der Waals surface area (Å²) in [5.74, 6) is -0.382. The zero-order chi connectivity index (χ0) is 18.2. The lowest BCUT2D eigenvalue weighted by atomic mass is 10.2. The number of anilines is 1. The number of nitrogens with zero attached hydrogens (tertiary/aromatic N) is 2. The first-order valence-electron chi connectivity index (χ1n) is 7.49. The second-order valence-corrected chi connectivity index (χ2v) is 7.40. The molecule has 0 aliphatic heterocycles. The van der Waals surface area contributed by atoms with Crippen molar-refractivity contribution in [3.63, 3.8) is 0 Å². The van der Waals surface area contributed by atoms with Crippen molar-refractivity contribution in [1.29, 1.82) is 5.26 Å². The van der Waals surface area contributed by atoms with Gasteiger partial charge in [0.1, 0.15) is 6.07 Å². The first kappa shape index (κ1) is 16.7. The highest BCUT2D eigenvalue weighted by Crippen LogP contribution is 2.33. The van der Waals surface area contributed by atoms with Gasteiger partial charge in [0.25, 0.3) is 10.0 Å². The Hall–Kier alpha value is -3.11. The number of carbonyl (C=O) groups is 1. The molecule has 0 aliphatic carbocycles. The predicted octanol–water partition coefficient (Wildman–Crippen LogP) is 3.02. The molecule has 1 heterocycles. The van der Waals surface area contributed by atoms with Crippen molar-refractivity contribution in [1.82, 2.24) is 3.97 Å². The van der Waals surface area contributed by atoms with E-state index in [4.69, 9.17) is 0 Å². The van der Waals surface area contributed by atoms with Crippen LogP contribution in [0.1, 0.15) is 18.2 Å². The average Bonchev–Trinajstić information content (AvgIpc) is 2.89. The molecular formula is C18H15N3O3S. The summed E-state index contributed by atoms with van der Waals surface area (Å²) in [6, 6.07) is 15.0. The molecule has 0 saturated carbocycles. The van der Waals surface area contributed by atoms with Crippen LogP contribution in [0, 0.1) is 18.3 Å². The molecule has 2 aromatic carbocycles. The van der Waals surface area contributed by atoms with E-state index in [1.165, 1.54) is 19.1 Å². The number of rotatable bonds is 3. The van der Waals surface area contributed by atoms with Gasteiger partial charge in [0.2, 0.25) is 5.91 Å². The minimum Gasteiger partial charge on any atom is -0.323 e. The van der Waals surface area contributed by atoms with E-state index in [2.05, 4.69) is 5.32 Å². The molecule has 0 fully saturated rings. The zero-order valence-corrected chi connectivity index (χ0v) is 14.5. The van der Waals surface area contributed by atoms with E-state index in [0.717, 1.165) is 9.54 Å². The normalized spacial score (nSPS) is 11.2. The maximum atomic E-state index is 13.1. The molecule has 0 radical (unpaired) electrons. The number of para-hydroxylation sites is 1. The number of nitrogens with one attached hydrogen (secondary N) is 1. The number of hydrogen-bond acceptors (Lipinski definition) is 4. The van der Waals surface area contributed by atoms with Gasteiger partial charge in [-0.05, 0) is 25.1 Å². The third kappa shape index (κ3) is 2.77. The fraction of sp³-hybridized carbons (Fsp3) is 0.111. The van der Waals surface area contributed by atoms with E-state index >= 15 is 0 Å². The molecule has 1 amide bonds. The Balaban J connectivity index is 2.38. The first-order valence-corrected chi connectivity index (χ1v) is 8.93. The fourth-order valence-electron chi connectivity index (χ4n) is 2.68. The van der Waals surface area contributed by atoms with Crippen LogP contribution in [0.25, 0.3) is 10.9 Å². The van der Waals surface area contributed by atoms with Crippen LogP contribution >= 0.6 is 0 Å². The highest BCUT2D eigenvalue weighted by Gasteiger charge is 2.27. The number of hydrogen-bond donors (Lipinski definition) is 1. The van der Waals surface area contributed by atoms with Gasteiger partial charge in [0.15, 0.2) is 5.69 Å². The summed E-state index contributed by atoms with van der Waals surface area (Å²) in [6.07, 6.45) is 0. The lowest BCUT2D eigenvalue weighted by Gasteiger charge is -2.09. The molecule has 0 atom stereocenters. The van der Waals surface area contributed by atoms with Gasteiger partial charge in [-0.15, -0.1) is 0 Å². The van der Waals surface area contributed by atoms with Crippen molar-refractivity contribution in [3.05, 3.63) is 59.8 Å². The number of benzene rings is 2. The average molecular weight is 353 g/mol. The van der Waals surface area contributed by atoms with Crippen LogP contribution in [-0.2, 0) is 14.8 Å². The molecule has 1 N–H and O–H groups in total. The summed E-state index contributed by atoms with van der Waals surface area (Å²) in [7, 11) is -4.00. The van der Waals surface area contributed by atoms with E-state index < -0.39 is 10.0 Å². The van der Waals surface area contributed by atoms with Gasteiger partial charge in [-0.25, -0.2) is 12.4 Å². The van der Waals surface area contributed by atoms with Crippen molar-refractivity contribution >= 4 is 32.5 Å². The summed E-state index contributed by atoms with van der Waals surface area (Å²) < 4.78 is 27.3. The maximum Gasteiger partial charge on any atom is 0.269 e. The zero-order valence-electron chi connectivity index (χ0n) is 13.6. The molecule has 126 valence electrons. The molecule has 3 rings (SSSR count). The van der Waals surface area contributed by atoms with Crippen molar-refractivity contribution in [2.24, 2.45) is 0 Å². The van der Waals surface area contributed by atoms with Gasteiger partial charge in [-0.1, -0.05) is 35.9 Å². The summed E-state index contributed by atoms with van der Waals surface area (Å²) in [4.78, 5) is 11.6. The van der Waals surface area contributed by atoms with Gasteiger partial charge in [0.05, 0.1) is 16.1 Å². The van der Waals surface area contributed by atoms with E-state index in [9.17, 15) is 18.5 Å². The second kappa shape index (κ2) is 6.07.